The van der Waals surface area contributed by atoms with E-state index in [1.165, 1.54) is 11.1 Å². The molecule has 5 aromatic rings. The van der Waals surface area contributed by atoms with Gasteiger partial charge in [0.1, 0.15) is 0 Å². The van der Waals surface area contributed by atoms with Gasteiger partial charge in [0.05, 0.1) is 15.7 Å². The molecule has 5 rings (SSSR count). The highest BCUT2D eigenvalue weighted by Crippen LogP contribution is 2.30. The molecule has 2 amide bonds. The average Bonchev–Trinajstić information content (AvgIpc) is 2.96. The molecule has 0 fully saturated rings. The molecule has 0 aliphatic heterocycles. The van der Waals surface area contributed by atoms with Crippen LogP contribution in [0.4, 0.5) is 10.5 Å². The molecule has 0 radical (unpaired) electrons. The van der Waals surface area contributed by atoms with E-state index in [1.807, 2.05) is 71.6 Å². The summed E-state index contributed by atoms with van der Waals surface area (Å²) >= 11 is 12.5. The third-order valence-electron chi connectivity index (χ3n) is 6.77. The largest absolute Gasteiger partial charge is 0.322 e. The van der Waals surface area contributed by atoms with E-state index in [9.17, 15) is 4.79 Å². The van der Waals surface area contributed by atoms with Crippen molar-refractivity contribution in [2.24, 2.45) is 0 Å². The van der Waals surface area contributed by atoms with Gasteiger partial charge in [-0.25, -0.2) is 4.79 Å². The molecule has 0 saturated heterocycles. The summed E-state index contributed by atoms with van der Waals surface area (Å²) < 4.78 is 0. The van der Waals surface area contributed by atoms with Crippen LogP contribution in [0.3, 0.4) is 0 Å². The van der Waals surface area contributed by atoms with Crippen molar-refractivity contribution in [3.05, 3.63) is 148 Å². The van der Waals surface area contributed by atoms with Gasteiger partial charge in [0, 0.05) is 24.4 Å². The van der Waals surface area contributed by atoms with Crippen molar-refractivity contribution < 1.29 is 4.79 Å². The summed E-state index contributed by atoms with van der Waals surface area (Å²) in [7, 11) is 0. The molecule has 1 N–H and O–H groups in total. The van der Waals surface area contributed by atoms with Crippen LogP contribution in [0.15, 0.2) is 121 Å². The van der Waals surface area contributed by atoms with Gasteiger partial charge in [-0.3, -0.25) is 0 Å². The Morgan fingerprint density at radius 1 is 0.711 bits per heavy atom. The van der Waals surface area contributed by atoms with E-state index in [-0.39, 0.29) is 11.9 Å². The van der Waals surface area contributed by atoms with E-state index >= 15 is 0 Å². The molecule has 0 spiro atoms. The predicted molar refractivity (Wildman–Crippen MR) is 159 cm³/mol. The number of amides is 2. The van der Waals surface area contributed by atoms with Gasteiger partial charge in [0.15, 0.2) is 0 Å². The second kappa shape index (κ2) is 12.2. The molecule has 0 unspecified atom stereocenters. The van der Waals surface area contributed by atoms with E-state index in [2.05, 4.69) is 53.8 Å². The molecular weight excluding hydrogens is 511 g/mol. The van der Waals surface area contributed by atoms with E-state index in [0.717, 1.165) is 28.4 Å². The fourth-order valence-corrected chi connectivity index (χ4v) is 5.14. The SMILES string of the molecule is O=C(Nc1cccc2ccccc12)N(CCC(c1ccccc1)c1ccccc1)Cc1ccc(Cl)c(Cl)c1. The van der Waals surface area contributed by atoms with Crippen LogP contribution in [-0.4, -0.2) is 17.5 Å². The number of anilines is 1. The number of rotatable bonds is 8. The fraction of sp³-hybridized carbons (Fsp3) is 0.121. The van der Waals surface area contributed by atoms with Crippen LogP contribution in [0.1, 0.15) is 29.0 Å². The molecule has 0 aromatic heterocycles. The van der Waals surface area contributed by atoms with Gasteiger partial charge in [-0.1, -0.05) is 126 Å². The highest BCUT2D eigenvalue weighted by Gasteiger charge is 2.20. The van der Waals surface area contributed by atoms with Gasteiger partial charge in [-0.05, 0) is 46.7 Å². The van der Waals surface area contributed by atoms with Crippen molar-refractivity contribution in [3.8, 4) is 0 Å². The number of carbonyl (C=O) groups is 1. The van der Waals surface area contributed by atoms with Crippen LogP contribution in [-0.2, 0) is 6.54 Å². The Labute approximate surface area is 233 Å². The molecule has 5 heteroatoms. The molecule has 0 bridgehead atoms. The summed E-state index contributed by atoms with van der Waals surface area (Å²) in [5.41, 5.74) is 4.16. The number of nitrogens with zero attached hydrogens (tertiary/aromatic N) is 1. The Morgan fingerprint density at radius 2 is 1.34 bits per heavy atom. The van der Waals surface area contributed by atoms with Crippen molar-refractivity contribution in [1.29, 1.82) is 0 Å². The monoisotopic (exact) mass is 538 g/mol. The summed E-state index contributed by atoms with van der Waals surface area (Å²) in [5, 5.41) is 6.22. The zero-order chi connectivity index (χ0) is 26.3. The quantitative estimate of drug-likeness (QED) is 0.209. The fourth-order valence-electron chi connectivity index (χ4n) is 4.82. The molecule has 3 nitrogen and oxygen atoms in total. The Kier molecular flexibility index (Phi) is 8.28. The van der Waals surface area contributed by atoms with E-state index in [0.29, 0.717) is 23.1 Å². The van der Waals surface area contributed by atoms with E-state index in [4.69, 9.17) is 23.2 Å². The molecule has 190 valence electrons. The van der Waals surface area contributed by atoms with Crippen molar-refractivity contribution >= 4 is 45.7 Å². The van der Waals surface area contributed by atoms with Crippen LogP contribution in [0, 0.1) is 0 Å². The van der Waals surface area contributed by atoms with Crippen molar-refractivity contribution in [3.63, 3.8) is 0 Å². The van der Waals surface area contributed by atoms with Gasteiger partial charge in [-0.2, -0.15) is 0 Å². The number of fused-ring (bicyclic) bond motifs is 1. The lowest BCUT2D eigenvalue weighted by Gasteiger charge is -2.27. The molecule has 0 aliphatic rings. The van der Waals surface area contributed by atoms with Crippen LogP contribution < -0.4 is 5.32 Å². The maximum Gasteiger partial charge on any atom is 0.322 e. The van der Waals surface area contributed by atoms with E-state index in [1.54, 1.807) is 6.07 Å². The van der Waals surface area contributed by atoms with Crippen LogP contribution >= 0.6 is 23.2 Å². The topological polar surface area (TPSA) is 32.3 Å². The van der Waals surface area contributed by atoms with Crippen molar-refractivity contribution in [1.82, 2.24) is 4.90 Å². The number of urea groups is 1. The van der Waals surface area contributed by atoms with E-state index < -0.39 is 0 Å². The minimum atomic E-state index is -0.160. The van der Waals surface area contributed by atoms with Gasteiger partial charge in [0.25, 0.3) is 0 Å². The lowest BCUT2D eigenvalue weighted by molar-refractivity contribution is 0.207. The Bertz CT molecular complexity index is 1480. The summed E-state index contributed by atoms with van der Waals surface area (Å²) in [6, 6.07) is 40.2. The highest BCUT2D eigenvalue weighted by atomic mass is 35.5. The number of hydrogen-bond acceptors (Lipinski definition) is 1. The maximum absolute atomic E-state index is 13.8. The minimum Gasteiger partial charge on any atom is -0.320 e. The second-order valence-electron chi connectivity index (χ2n) is 9.29. The summed E-state index contributed by atoms with van der Waals surface area (Å²) in [6.07, 6.45) is 0.762. The first kappa shape index (κ1) is 25.8. The molecule has 38 heavy (non-hydrogen) atoms. The molecule has 5 aromatic carbocycles. The molecular formula is C33H28Cl2N2O. The average molecular weight is 540 g/mol. The summed E-state index contributed by atoms with van der Waals surface area (Å²) in [5.74, 6) is 0.152. The number of halogens is 2. The second-order valence-corrected chi connectivity index (χ2v) is 10.1. The lowest BCUT2D eigenvalue weighted by atomic mass is 9.88. The minimum absolute atomic E-state index is 0.152. The normalized spacial score (nSPS) is 11.0. The predicted octanol–water partition coefficient (Wildman–Crippen LogP) is 9.40. The van der Waals surface area contributed by atoms with Crippen molar-refractivity contribution in [2.45, 2.75) is 18.9 Å². The Balaban J connectivity index is 1.43. The van der Waals surface area contributed by atoms with Crippen LogP contribution in [0.5, 0.6) is 0 Å². The van der Waals surface area contributed by atoms with Crippen LogP contribution in [0.25, 0.3) is 10.8 Å². The molecule has 0 saturated carbocycles. The standard InChI is InChI=1S/C33H28Cl2N2O/c34-30-19-18-24(22-31(30)35)23-37(33(38)36-32-17-9-15-27-14-7-8-16-29(27)32)21-20-28(25-10-3-1-4-11-25)26-12-5-2-6-13-26/h1-19,22,28H,20-21,23H2,(H,36,38). The zero-order valence-electron chi connectivity index (χ0n) is 20.9. The summed E-state index contributed by atoms with van der Waals surface area (Å²) in [6.45, 7) is 0.953. The summed E-state index contributed by atoms with van der Waals surface area (Å²) in [4.78, 5) is 15.6. The number of nitrogens with one attached hydrogen (secondary N) is 1. The maximum atomic E-state index is 13.8. The Hall–Kier alpha value is -3.79. The third-order valence-corrected chi connectivity index (χ3v) is 7.51. The first-order valence-corrected chi connectivity index (χ1v) is 13.4. The molecule has 0 aliphatic carbocycles. The highest BCUT2D eigenvalue weighted by molar-refractivity contribution is 6.42. The first-order chi connectivity index (χ1) is 18.6. The number of hydrogen-bond donors (Lipinski definition) is 1. The lowest BCUT2D eigenvalue weighted by Crippen LogP contribution is -2.36. The van der Waals surface area contributed by atoms with Crippen molar-refractivity contribution in [2.75, 3.05) is 11.9 Å². The molecule has 0 heterocycles. The smallest absolute Gasteiger partial charge is 0.320 e. The van der Waals surface area contributed by atoms with Gasteiger partial charge in [-0.15, -0.1) is 0 Å². The number of carbonyl (C=O) groups excluding carboxylic acids is 1. The van der Waals surface area contributed by atoms with Crippen LogP contribution in [0.2, 0.25) is 10.0 Å². The molecule has 0 atom stereocenters. The van der Waals surface area contributed by atoms with Gasteiger partial charge in [0.2, 0.25) is 0 Å². The third kappa shape index (κ3) is 6.19. The van der Waals surface area contributed by atoms with Gasteiger partial charge >= 0.3 is 6.03 Å². The number of benzene rings is 5. The van der Waals surface area contributed by atoms with Gasteiger partial charge < -0.3 is 10.2 Å². The Morgan fingerprint density at radius 3 is 2.03 bits per heavy atom. The first-order valence-electron chi connectivity index (χ1n) is 12.7. The zero-order valence-corrected chi connectivity index (χ0v) is 22.4.